The predicted octanol–water partition coefficient (Wildman–Crippen LogP) is 12.0. The van der Waals surface area contributed by atoms with E-state index >= 15 is 0 Å². The summed E-state index contributed by atoms with van der Waals surface area (Å²) in [5.74, 6) is 0. The van der Waals surface area contributed by atoms with Crippen molar-refractivity contribution in [2.75, 3.05) is 0 Å². The summed E-state index contributed by atoms with van der Waals surface area (Å²) in [6.07, 6.45) is 39.4. The summed E-state index contributed by atoms with van der Waals surface area (Å²) < 4.78 is 0. The van der Waals surface area contributed by atoms with Gasteiger partial charge in [0.15, 0.2) is 0 Å². The highest BCUT2D eigenvalue weighted by Crippen LogP contribution is 2.15. The minimum Gasteiger partial charge on any atom is -0.222 e. The molecule has 0 saturated carbocycles. The Morgan fingerprint density at radius 2 is 0.389 bits per heavy atom. The van der Waals surface area contributed by atoms with Crippen molar-refractivity contribution in [1.82, 2.24) is 0 Å². The summed E-state index contributed by atoms with van der Waals surface area (Å²) in [5, 5.41) is 10.8. The SMILES string of the molecule is CCCCCC.CCCCCCCCCCCCCCCCCCCCCCCC.N=C=O.N=C=O. The molecule has 0 fully saturated rings. The van der Waals surface area contributed by atoms with E-state index in [4.69, 9.17) is 20.4 Å². The normalized spacial score (nSPS) is 9.44. The van der Waals surface area contributed by atoms with Gasteiger partial charge in [0.25, 0.3) is 0 Å². The summed E-state index contributed by atoms with van der Waals surface area (Å²) in [6, 6.07) is 0. The first-order valence-corrected chi connectivity index (χ1v) is 15.7. The third kappa shape index (κ3) is 63.8. The van der Waals surface area contributed by atoms with Crippen LogP contribution in [0.15, 0.2) is 0 Å². The number of rotatable bonds is 24. The van der Waals surface area contributed by atoms with Crippen molar-refractivity contribution in [3.8, 4) is 0 Å². The molecule has 0 spiro atoms. The van der Waals surface area contributed by atoms with E-state index < -0.39 is 0 Å². The van der Waals surface area contributed by atoms with Gasteiger partial charge >= 0.3 is 0 Å². The number of carbonyl (C=O) groups excluding carboxylic acids is 2. The Hall–Kier alpha value is -1.24. The molecule has 36 heavy (non-hydrogen) atoms. The summed E-state index contributed by atoms with van der Waals surface area (Å²) >= 11 is 0. The first kappa shape index (κ1) is 41.9. The van der Waals surface area contributed by atoms with Crippen LogP contribution in [0.1, 0.15) is 195 Å². The van der Waals surface area contributed by atoms with Crippen LogP contribution in [0, 0.1) is 10.8 Å². The fourth-order valence-electron chi connectivity index (χ4n) is 4.18. The van der Waals surface area contributed by atoms with Gasteiger partial charge in [-0.1, -0.05) is 195 Å². The van der Waals surface area contributed by atoms with E-state index in [1.165, 1.54) is 167 Å². The van der Waals surface area contributed by atoms with Crippen LogP contribution in [0.5, 0.6) is 0 Å². The molecule has 216 valence electrons. The van der Waals surface area contributed by atoms with Crippen LogP contribution in [-0.2, 0) is 9.59 Å². The first-order valence-electron chi connectivity index (χ1n) is 15.7. The van der Waals surface area contributed by atoms with Crippen LogP contribution < -0.4 is 0 Å². The van der Waals surface area contributed by atoms with E-state index in [2.05, 4.69) is 27.7 Å². The van der Waals surface area contributed by atoms with E-state index in [9.17, 15) is 0 Å². The molecule has 0 unspecified atom stereocenters. The highest BCUT2D eigenvalue weighted by Gasteiger charge is 1.95. The van der Waals surface area contributed by atoms with Gasteiger partial charge in [-0.25, -0.2) is 20.4 Å². The monoisotopic (exact) mass is 511 g/mol. The third-order valence-corrected chi connectivity index (χ3v) is 6.41. The van der Waals surface area contributed by atoms with Gasteiger partial charge in [-0.3, -0.25) is 0 Å². The Morgan fingerprint density at radius 3 is 0.500 bits per heavy atom. The lowest BCUT2D eigenvalue weighted by Gasteiger charge is -2.04. The number of hydrogen-bond acceptors (Lipinski definition) is 4. The molecule has 0 atom stereocenters. The molecule has 2 N–H and O–H groups in total. The van der Waals surface area contributed by atoms with E-state index in [0.717, 1.165) is 12.2 Å². The van der Waals surface area contributed by atoms with Gasteiger partial charge in [0, 0.05) is 0 Å². The van der Waals surface area contributed by atoms with Gasteiger partial charge in [-0.2, -0.15) is 0 Å². The van der Waals surface area contributed by atoms with Crippen molar-refractivity contribution >= 4 is 12.2 Å². The van der Waals surface area contributed by atoms with E-state index in [1.54, 1.807) is 0 Å². The van der Waals surface area contributed by atoms with Crippen LogP contribution >= 0.6 is 0 Å². The standard InChI is InChI=1S/C24H50.C6H14.2CHNO/c1-3-5-7-9-11-13-15-17-19-21-23-24-22-20-18-16-14-12-10-8-6-4-2;1-3-5-6-4-2;2*2-1-3/h3-24H2,1-2H3;3-6H2,1-2H3;2*2H. The van der Waals surface area contributed by atoms with Crippen molar-refractivity contribution in [2.45, 2.75) is 195 Å². The Kier molecular flexibility index (Phi) is 58.8. The lowest BCUT2D eigenvalue weighted by molar-refractivity contribution is 0.520. The van der Waals surface area contributed by atoms with Crippen molar-refractivity contribution < 1.29 is 9.59 Å². The highest BCUT2D eigenvalue weighted by molar-refractivity contribution is 5.26. The summed E-state index contributed by atoms with van der Waals surface area (Å²) in [6.45, 7) is 9.07. The molecule has 0 aromatic carbocycles. The zero-order valence-electron chi connectivity index (χ0n) is 25.2. The van der Waals surface area contributed by atoms with Gasteiger partial charge in [-0.15, -0.1) is 0 Å². The van der Waals surface area contributed by atoms with Gasteiger partial charge in [0.05, 0.1) is 0 Å². The Labute approximate surface area is 227 Å². The highest BCUT2D eigenvalue weighted by atomic mass is 16.1. The molecule has 0 rings (SSSR count). The molecule has 0 saturated heterocycles. The summed E-state index contributed by atoms with van der Waals surface area (Å²) in [5.41, 5.74) is 0. The minimum absolute atomic E-state index is 0.750. The van der Waals surface area contributed by atoms with E-state index in [-0.39, 0.29) is 0 Å². The van der Waals surface area contributed by atoms with Gasteiger partial charge in [0.1, 0.15) is 0 Å². The second-order valence-corrected chi connectivity index (χ2v) is 9.98. The molecule has 4 heteroatoms. The lowest BCUT2D eigenvalue weighted by atomic mass is 10.0. The summed E-state index contributed by atoms with van der Waals surface area (Å²) in [7, 11) is 0. The zero-order chi connectivity index (χ0) is 27.8. The van der Waals surface area contributed by atoms with Crippen LogP contribution in [0.2, 0.25) is 0 Å². The van der Waals surface area contributed by atoms with Crippen molar-refractivity contribution in [3.63, 3.8) is 0 Å². The maximum atomic E-state index is 8.35. The second-order valence-electron chi connectivity index (χ2n) is 9.98. The molecule has 4 nitrogen and oxygen atoms in total. The Balaban J connectivity index is -0.000000353. The quantitative estimate of drug-likeness (QED) is 0.0768. The largest absolute Gasteiger partial charge is 0.231 e. The van der Waals surface area contributed by atoms with Crippen molar-refractivity contribution in [3.05, 3.63) is 0 Å². The van der Waals surface area contributed by atoms with Gasteiger partial charge < -0.3 is 0 Å². The average molecular weight is 511 g/mol. The summed E-state index contributed by atoms with van der Waals surface area (Å²) in [4.78, 5) is 16.7. The topological polar surface area (TPSA) is 81.8 Å². The Morgan fingerprint density at radius 1 is 0.306 bits per heavy atom. The maximum absolute atomic E-state index is 8.35. The number of isocyanates is 2. The molecule has 0 aliphatic rings. The third-order valence-electron chi connectivity index (χ3n) is 6.41. The molecule has 0 heterocycles. The molecule has 0 amide bonds. The molecule has 0 aliphatic carbocycles. The molecule has 0 aromatic heterocycles. The molecule has 0 radical (unpaired) electrons. The number of hydrogen-bond donors (Lipinski definition) is 2. The van der Waals surface area contributed by atoms with Gasteiger partial charge in [-0.05, 0) is 0 Å². The van der Waals surface area contributed by atoms with Crippen molar-refractivity contribution in [1.29, 1.82) is 10.8 Å². The lowest BCUT2D eigenvalue weighted by Crippen LogP contribution is -1.84. The first-order chi connectivity index (χ1) is 17.7. The van der Waals surface area contributed by atoms with E-state index in [0.29, 0.717) is 0 Å². The molecule has 0 aliphatic heterocycles. The smallest absolute Gasteiger partial charge is 0.222 e. The molecule has 0 bridgehead atoms. The van der Waals surface area contributed by atoms with Crippen LogP contribution in [0.3, 0.4) is 0 Å². The molecular weight excluding hydrogens is 444 g/mol. The minimum atomic E-state index is 0.750. The number of nitrogens with one attached hydrogen (secondary N) is 2. The van der Waals surface area contributed by atoms with Crippen LogP contribution in [0.4, 0.5) is 0 Å². The maximum Gasteiger partial charge on any atom is 0.231 e. The van der Waals surface area contributed by atoms with Crippen LogP contribution in [0.25, 0.3) is 0 Å². The Bertz CT molecular complexity index is 363. The van der Waals surface area contributed by atoms with Crippen LogP contribution in [-0.4, -0.2) is 12.2 Å². The zero-order valence-corrected chi connectivity index (χ0v) is 25.2. The number of unbranched alkanes of at least 4 members (excludes halogenated alkanes) is 24. The molecule has 0 aromatic rings. The predicted molar refractivity (Wildman–Crippen MR) is 160 cm³/mol. The average Bonchev–Trinajstić information content (AvgIpc) is 2.87. The van der Waals surface area contributed by atoms with E-state index in [1.807, 2.05) is 0 Å². The van der Waals surface area contributed by atoms with Crippen molar-refractivity contribution in [2.24, 2.45) is 0 Å². The fraction of sp³-hybridized carbons (Fsp3) is 0.938. The van der Waals surface area contributed by atoms with Gasteiger partial charge in [0.2, 0.25) is 12.2 Å². The second kappa shape index (κ2) is 50.6. The fourth-order valence-corrected chi connectivity index (χ4v) is 4.18. The molecular formula is C32H66N2O2.